The Morgan fingerprint density at radius 1 is 1.19 bits per heavy atom. The van der Waals surface area contributed by atoms with Crippen molar-refractivity contribution >= 4 is 50.7 Å². The molecule has 0 N–H and O–H groups in total. The maximum absolute atomic E-state index is 12.6. The van der Waals surface area contributed by atoms with E-state index in [2.05, 4.69) is 4.99 Å². The summed E-state index contributed by atoms with van der Waals surface area (Å²) in [6.45, 7) is 5.56. The third-order valence-electron chi connectivity index (χ3n) is 3.89. The second-order valence-corrected chi connectivity index (χ2v) is 7.52. The van der Waals surface area contributed by atoms with E-state index in [0.29, 0.717) is 40.2 Å². The molecule has 26 heavy (non-hydrogen) atoms. The number of halogens is 2. The van der Waals surface area contributed by atoms with Crippen molar-refractivity contribution in [2.24, 2.45) is 4.99 Å². The summed E-state index contributed by atoms with van der Waals surface area (Å²) in [5.41, 5.74) is 2.42. The molecular weight excluding hydrogens is 391 g/mol. The molecule has 0 atom stereocenters. The minimum atomic E-state index is -0.288. The lowest BCUT2D eigenvalue weighted by atomic mass is 10.1. The molecule has 136 valence electrons. The number of carbonyl (C=O) groups is 1. The lowest BCUT2D eigenvalue weighted by molar-refractivity contribution is 0.0996. The van der Waals surface area contributed by atoms with Gasteiger partial charge in [0.25, 0.3) is 5.91 Å². The maximum atomic E-state index is 12.6. The van der Waals surface area contributed by atoms with Crippen LogP contribution in [-0.4, -0.2) is 23.7 Å². The van der Waals surface area contributed by atoms with Crippen LogP contribution in [0.2, 0.25) is 10.0 Å². The van der Waals surface area contributed by atoms with Crippen molar-refractivity contribution in [2.75, 3.05) is 13.2 Å². The number of rotatable bonds is 5. The Hall–Kier alpha value is -1.66. The fraction of sp³-hybridized carbons (Fsp3) is 0.263. The summed E-state index contributed by atoms with van der Waals surface area (Å²) in [5.74, 6) is -0.288. The van der Waals surface area contributed by atoms with Gasteiger partial charge in [-0.1, -0.05) is 52.2 Å². The minimum Gasteiger partial charge on any atom is -0.380 e. The zero-order valence-corrected chi connectivity index (χ0v) is 16.8. The van der Waals surface area contributed by atoms with E-state index in [4.69, 9.17) is 27.9 Å². The maximum Gasteiger partial charge on any atom is 0.279 e. The van der Waals surface area contributed by atoms with Crippen molar-refractivity contribution < 1.29 is 9.53 Å². The molecule has 0 radical (unpaired) electrons. The van der Waals surface area contributed by atoms with E-state index < -0.39 is 0 Å². The first kappa shape index (κ1) is 19.1. The number of aryl methyl sites for hydroxylation is 1. The van der Waals surface area contributed by atoms with Gasteiger partial charge in [-0.3, -0.25) is 4.79 Å². The Morgan fingerprint density at radius 2 is 1.92 bits per heavy atom. The molecule has 1 heterocycles. The van der Waals surface area contributed by atoms with Crippen LogP contribution in [0.1, 0.15) is 22.8 Å². The summed E-state index contributed by atoms with van der Waals surface area (Å²) in [7, 11) is 0. The van der Waals surface area contributed by atoms with Crippen molar-refractivity contribution in [3.63, 3.8) is 0 Å². The van der Waals surface area contributed by atoms with E-state index >= 15 is 0 Å². The highest BCUT2D eigenvalue weighted by atomic mass is 35.5. The number of amides is 1. The van der Waals surface area contributed by atoms with Crippen molar-refractivity contribution in [3.8, 4) is 0 Å². The monoisotopic (exact) mass is 408 g/mol. The summed E-state index contributed by atoms with van der Waals surface area (Å²) >= 11 is 14.0. The topological polar surface area (TPSA) is 43.6 Å². The molecule has 0 saturated carbocycles. The number of hydrogen-bond acceptors (Lipinski definition) is 3. The summed E-state index contributed by atoms with van der Waals surface area (Å²) in [5, 5.41) is 0.930. The molecular formula is C19H18Cl2N2O2S. The number of aromatic nitrogens is 1. The smallest absolute Gasteiger partial charge is 0.279 e. The predicted octanol–water partition coefficient (Wildman–Crippen LogP) is 5.10. The quantitative estimate of drug-likeness (QED) is 0.551. The number of carbonyl (C=O) groups excluding carboxylic acids is 1. The largest absolute Gasteiger partial charge is 0.380 e. The van der Waals surface area contributed by atoms with Crippen LogP contribution in [0.3, 0.4) is 0 Å². The Labute approximate surface area is 165 Å². The van der Waals surface area contributed by atoms with Crippen LogP contribution in [0, 0.1) is 6.92 Å². The third kappa shape index (κ3) is 4.01. The van der Waals surface area contributed by atoms with Crippen LogP contribution >= 0.6 is 34.5 Å². The molecule has 4 nitrogen and oxygen atoms in total. The van der Waals surface area contributed by atoms with Gasteiger partial charge in [0.15, 0.2) is 4.80 Å². The number of benzene rings is 2. The Morgan fingerprint density at radius 3 is 2.62 bits per heavy atom. The van der Waals surface area contributed by atoms with Crippen molar-refractivity contribution in [1.29, 1.82) is 0 Å². The molecule has 0 aliphatic heterocycles. The Bertz CT molecular complexity index is 1010. The fourth-order valence-electron chi connectivity index (χ4n) is 2.54. The standard InChI is InChI=1S/C19H18Cl2N2O2S/c1-3-25-11-10-23-17-15(9-8-14(20)16(17)21)26-19(23)22-18(24)13-6-4-12(2)5-7-13/h4-9H,3,10-11H2,1-2H3. The average molecular weight is 409 g/mol. The zero-order valence-electron chi connectivity index (χ0n) is 14.5. The van der Waals surface area contributed by atoms with Gasteiger partial charge in [-0.2, -0.15) is 4.99 Å². The molecule has 2 aromatic carbocycles. The Kier molecular flexibility index (Phi) is 6.14. The van der Waals surface area contributed by atoms with E-state index in [1.807, 2.05) is 36.6 Å². The second kappa shape index (κ2) is 8.35. The SMILES string of the molecule is CCOCCn1c(=NC(=O)c2ccc(C)cc2)sc2ccc(Cl)c(Cl)c21. The first-order valence-electron chi connectivity index (χ1n) is 8.22. The van der Waals surface area contributed by atoms with E-state index in [1.165, 1.54) is 11.3 Å². The van der Waals surface area contributed by atoms with Crippen LogP contribution in [0.5, 0.6) is 0 Å². The fourth-order valence-corrected chi connectivity index (χ4v) is 4.08. The van der Waals surface area contributed by atoms with E-state index in [0.717, 1.165) is 15.8 Å². The number of thiazole rings is 1. The molecule has 1 aromatic heterocycles. The van der Waals surface area contributed by atoms with Gasteiger partial charge < -0.3 is 9.30 Å². The molecule has 0 spiro atoms. The second-order valence-electron chi connectivity index (χ2n) is 5.72. The molecule has 3 rings (SSSR count). The lowest BCUT2D eigenvalue weighted by Gasteiger charge is -2.07. The van der Waals surface area contributed by atoms with Gasteiger partial charge in [0, 0.05) is 18.7 Å². The average Bonchev–Trinajstić information content (AvgIpc) is 2.97. The van der Waals surface area contributed by atoms with Crippen LogP contribution in [0.4, 0.5) is 0 Å². The van der Waals surface area contributed by atoms with Crippen molar-refractivity contribution in [2.45, 2.75) is 20.4 Å². The number of fused-ring (bicyclic) bond motifs is 1. The lowest BCUT2D eigenvalue weighted by Crippen LogP contribution is -2.20. The molecule has 0 aliphatic carbocycles. The van der Waals surface area contributed by atoms with Crippen molar-refractivity contribution in [1.82, 2.24) is 4.57 Å². The molecule has 0 bridgehead atoms. The summed E-state index contributed by atoms with van der Waals surface area (Å²) in [4.78, 5) is 17.5. The van der Waals surface area contributed by atoms with Crippen LogP contribution < -0.4 is 4.80 Å². The highest BCUT2D eigenvalue weighted by molar-refractivity contribution is 7.16. The molecule has 0 unspecified atom stereocenters. The highest BCUT2D eigenvalue weighted by Gasteiger charge is 2.14. The third-order valence-corrected chi connectivity index (χ3v) is 5.73. The minimum absolute atomic E-state index is 0.288. The van der Waals surface area contributed by atoms with Gasteiger partial charge in [0.2, 0.25) is 0 Å². The van der Waals surface area contributed by atoms with E-state index in [-0.39, 0.29) is 5.91 Å². The highest BCUT2D eigenvalue weighted by Crippen LogP contribution is 2.32. The first-order valence-corrected chi connectivity index (χ1v) is 9.79. The van der Waals surface area contributed by atoms with Crippen LogP contribution in [0.25, 0.3) is 10.2 Å². The van der Waals surface area contributed by atoms with Gasteiger partial charge in [-0.05, 0) is 38.1 Å². The van der Waals surface area contributed by atoms with Gasteiger partial charge in [-0.25, -0.2) is 0 Å². The number of ether oxygens (including phenoxy) is 1. The van der Waals surface area contributed by atoms with Gasteiger partial charge in [-0.15, -0.1) is 0 Å². The normalized spacial score (nSPS) is 12.1. The van der Waals surface area contributed by atoms with Gasteiger partial charge in [0.05, 0.1) is 26.9 Å². The Balaban J connectivity index is 2.11. The molecule has 0 saturated heterocycles. The summed E-state index contributed by atoms with van der Waals surface area (Å²) in [6.07, 6.45) is 0. The summed E-state index contributed by atoms with van der Waals surface area (Å²) in [6, 6.07) is 11.0. The molecule has 1 amide bonds. The van der Waals surface area contributed by atoms with Gasteiger partial charge in [0.1, 0.15) is 0 Å². The number of nitrogens with zero attached hydrogens (tertiary/aromatic N) is 2. The summed E-state index contributed by atoms with van der Waals surface area (Å²) < 4.78 is 8.29. The first-order chi connectivity index (χ1) is 12.5. The van der Waals surface area contributed by atoms with Gasteiger partial charge >= 0.3 is 0 Å². The molecule has 0 aliphatic rings. The zero-order chi connectivity index (χ0) is 18.7. The molecule has 0 fully saturated rings. The van der Waals surface area contributed by atoms with Crippen LogP contribution in [-0.2, 0) is 11.3 Å². The van der Waals surface area contributed by atoms with E-state index in [9.17, 15) is 4.79 Å². The molecule has 3 aromatic rings. The van der Waals surface area contributed by atoms with Crippen LogP contribution in [0.15, 0.2) is 41.4 Å². The molecule has 7 heteroatoms. The number of hydrogen-bond donors (Lipinski definition) is 0. The predicted molar refractivity (Wildman–Crippen MR) is 107 cm³/mol. The van der Waals surface area contributed by atoms with Crippen molar-refractivity contribution in [3.05, 3.63) is 62.4 Å². The van der Waals surface area contributed by atoms with E-state index in [1.54, 1.807) is 18.2 Å².